The van der Waals surface area contributed by atoms with Crippen molar-refractivity contribution < 1.29 is 9.13 Å². The van der Waals surface area contributed by atoms with Crippen LogP contribution in [0.5, 0.6) is 0 Å². The largest absolute Gasteiger partial charge is 0.381 e. The van der Waals surface area contributed by atoms with Crippen LogP contribution in [-0.4, -0.2) is 54.5 Å². The molecular weight excluding hydrogens is 511 g/mol. The molecule has 0 radical (unpaired) electrons. The van der Waals surface area contributed by atoms with Crippen molar-refractivity contribution in [2.75, 3.05) is 54.5 Å². The van der Waals surface area contributed by atoms with Gasteiger partial charge in [0.05, 0.1) is 0 Å². The molecule has 6 rings (SSSR count). The van der Waals surface area contributed by atoms with Crippen LogP contribution in [0.2, 0.25) is 0 Å². The van der Waals surface area contributed by atoms with Gasteiger partial charge in [-0.05, 0) is 73.1 Å². The number of nitrogens with zero attached hydrogens (tertiary/aromatic N) is 4. The van der Waals surface area contributed by atoms with E-state index >= 15 is 0 Å². The molecule has 0 atom stereocenters. The van der Waals surface area contributed by atoms with Gasteiger partial charge in [0, 0.05) is 57.4 Å². The number of aromatic nitrogens is 2. The maximum Gasteiger partial charge on any atom is 0.232 e. The zero-order valence-corrected chi connectivity index (χ0v) is 23.0. The number of rotatable bonds is 6. The number of hydrogen-bond acceptors (Lipinski definition) is 6. The van der Waals surface area contributed by atoms with Crippen molar-refractivity contribution in [3.05, 3.63) is 77.1 Å². The van der Waals surface area contributed by atoms with E-state index in [1.807, 2.05) is 12.1 Å². The number of hydrogen-bond donors (Lipinski definition) is 2. The first kappa shape index (κ1) is 26.0. The molecule has 9 heteroatoms. The van der Waals surface area contributed by atoms with Gasteiger partial charge in [-0.3, -0.25) is 0 Å². The molecular formula is C30H35FN6OS. The highest BCUT2D eigenvalue weighted by Crippen LogP contribution is 2.34. The zero-order chi connectivity index (χ0) is 26.7. The van der Waals surface area contributed by atoms with E-state index in [0.29, 0.717) is 30.8 Å². The minimum Gasteiger partial charge on any atom is -0.381 e. The molecule has 0 spiro atoms. The second-order valence-electron chi connectivity index (χ2n) is 10.7. The molecule has 204 valence electrons. The lowest BCUT2D eigenvalue weighted by Gasteiger charge is -2.38. The summed E-state index contributed by atoms with van der Waals surface area (Å²) in [5, 5.41) is 7.18. The van der Waals surface area contributed by atoms with Crippen molar-refractivity contribution in [3.63, 3.8) is 0 Å². The summed E-state index contributed by atoms with van der Waals surface area (Å²) in [6.45, 7) is 5.71. The predicted octanol–water partition coefficient (Wildman–Crippen LogP) is 4.81. The fraction of sp³-hybridized carbons (Fsp3) is 0.433. The highest BCUT2D eigenvalue weighted by Gasteiger charge is 2.34. The summed E-state index contributed by atoms with van der Waals surface area (Å²) in [5.74, 6) is 2.13. The third-order valence-corrected chi connectivity index (χ3v) is 8.55. The standard InChI is InChI=1S/C30H35FN6OS/c31-25-9-7-24(8-10-25)30(12-17-38-18-13-30)21-32-29(39)35-28-33-26(36-14-3-4-15-36)19-27(34-28)37-16-11-22-5-1-2-6-23(22)20-37/h1-2,5-10,19H,3-4,11-18,20-21H2,(H2,32,33,34,35,39). The molecule has 3 aliphatic rings. The van der Waals surface area contributed by atoms with Crippen LogP contribution in [0.25, 0.3) is 0 Å². The molecule has 0 aliphatic carbocycles. The predicted molar refractivity (Wildman–Crippen MR) is 157 cm³/mol. The van der Waals surface area contributed by atoms with E-state index in [1.165, 1.54) is 36.1 Å². The van der Waals surface area contributed by atoms with Gasteiger partial charge >= 0.3 is 0 Å². The number of nitrogens with one attached hydrogen (secondary N) is 2. The SMILES string of the molecule is Fc1ccc(C2(CNC(=S)Nc3nc(N4CCCC4)cc(N4CCc5ccccc5C4)n3)CCOCC2)cc1. The van der Waals surface area contributed by atoms with E-state index in [0.717, 1.165) is 62.6 Å². The van der Waals surface area contributed by atoms with Crippen molar-refractivity contribution >= 4 is 34.9 Å². The van der Waals surface area contributed by atoms with E-state index in [4.69, 9.17) is 26.9 Å². The average Bonchev–Trinajstić information content (AvgIpc) is 3.52. The molecule has 39 heavy (non-hydrogen) atoms. The summed E-state index contributed by atoms with van der Waals surface area (Å²) >= 11 is 5.73. The topological polar surface area (TPSA) is 65.6 Å². The van der Waals surface area contributed by atoms with Gasteiger partial charge in [0.15, 0.2) is 5.11 Å². The highest BCUT2D eigenvalue weighted by molar-refractivity contribution is 7.80. The Morgan fingerprint density at radius 1 is 0.923 bits per heavy atom. The molecule has 1 aromatic heterocycles. The Morgan fingerprint density at radius 2 is 1.62 bits per heavy atom. The second kappa shape index (κ2) is 11.4. The molecule has 0 unspecified atom stereocenters. The molecule has 0 bridgehead atoms. The average molecular weight is 547 g/mol. The quantitative estimate of drug-likeness (QED) is 0.427. The van der Waals surface area contributed by atoms with Crippen molar-refractivity contribution in [1.82, 2.24) is 15.3 Å². The Hall–Kier alpha value is -3.30. The molecule has 2 saturated heterocycles. The minimum atomic E-state index is -0.228. The molecule has 2 fully saturated rings. The summed E-state index contributed by atoms with van der Waals surface area (Å²) in [6.07, 6.45) is 5.03. The van der Waals surface area contributed by atoms with Gasteiger partial charge in [-0.25, -0.2) is 4.39 Å². The van der Waals surface area contributed by atoms with Crippen LogP contribution in [0.1, 0.15) is 42.4 Å². The first-order chi connectivity index (χ1) is 19.1. The number of ether oxygens (including phenoxy) is 1. The summed E-state index contributed by atoms with van der Waals surface area (Å²) in [5.41, 5.74) is 3.68. The fourth-order valence-corrected chi connectivity index (χ4v) is 6.13. The molecule has 2 aromatic carbocycles. The lowest BCUT2D eigenvalue weighted by molar-refractivity contribution is 0.0515. The zero-order valence-electron chi connectivity index (χ0n) is 22.2. The first-order valence-corrected chi connectivity index (χ1v) is 14.3. The van der Waals surface area contributed by atoms with Gasteiger partial charge in [0.1, 0.15) is 17.5 Å². The number of thiocarbonyl (C=S) groups is 1. The number of fused-ring (bicyclic) bond motifs is 1. The minimum absolute atomic E-state index is 0.178. The Labute approximate surface area is 234 Å². The van der Waals surface area contributed by atoms with Crippen LogP contribution >= 0.6 is 12.2 Å². The van der Waals surface area contributed by atoms with Crippen molar-refractivity contribution in [2.24, 2.45) is 0 Å². The van der Waals surface area contributed by atoms with Crippen LogP contribution < -0.4 is 20.4 Å². The van der Waals surface area contributed by atoms with Gasteiger partial charge < -0.3 is 25.2 Å². The third-order valence-electron chi connectivity index (χ3n) is 8.30. The molecule has 4 heterocycles. The summed E-state index contributed by atoms with van der Waals surface area (Å²) in [4.78, 5) is 14.4. The summed E-state index contributed by atoms with van der Waals surface area (Å²) in [7, 11) is 0. The van der Waals surface area contributed by atoms with E-state index in [2.05, 4.69) is 50.8 Å². The van der Waals surface area contributed by atoms with E-state index in [-0.39, 0.29) is 11.2 Å². The number of anilines is 3. The fourth-order valence-electron chi connectivity index (χ4n) is 5.97. The smallest absolute Gasteiger partial charge is 0.232 e. The van der Waals surface area contributed by atoms with Gasteiger partial charge in [0.2, 0.25) is 5.95 Å². The Kier molecular flexibility index (Phi) is 7.61. The first-order valence-electron chi connectivity index (χ1n) is 13.9. The Bertz CT molecular complexity index is 1310. The maximum absolute atomic E-state index is 13.6. The van der Waals surface area contributed by atoms with Crippen LogP contribution in [0.3, 0.4) is 0 Å². The van der Waals surface area contributed by atoms with E-state index in [9.17, 15) is 4.39 Å². The Morgan fingerprint density at radius 3 is 2.36 bits per heavy atom. The monoisotopic (exact) mass is 546 g/mol. The van der Waals surface area contributed by atoms with Crippen molar-refractivity contribution in [1.29, 1.82) is 0 Å². The summed E-state index contributed by atoms with van der Waals surface area (Å²) in [6, 6.07) is 17.6. The van der Waals surface area contributed by atoms with Gasteiger partial charge in [-0.2, -0.15) is 9.97 Å². The molecule has 3 aromatic rings. The maximum atomic E-state index is 13.6. The third kappa shape index (κ3) is 5.84. The van der Waals surface area contributed by atoms with Gasteiger partial charge in [-0.15, -0.1) is 0 Å². The van der Waals surface area contributed by atoms with Crippen LogP contribution in [-0.2, 0) is 23.1 Å². The van der Waals surface area contributed by atoms with E-state index < -0.39 is 0 Å². The van der Waals surface area contributed by atoms with E-state index in [1.54, 1.807) is 0 Å². The molecule has 2 N–H and O–H groups in total. The molecule has 7 nitrogen and oxygen atoms in total. The lowest BCUT2D eigenvalue weighted by atomic mass is 9.74. The second-order valence-corrected chi connectivity index (χ2v) is 11.2. The van der Waals surface area contributed by atoms with Crippen LogP contribution in [0.15, 0.2) is 54.6 Å². The van der Waals surface area contributed by atoms with Crippen molar-refractivity contribution in [2.45, 2.75) is 44.1 Å². The number of benzene rings is 2. The molecule has 0 saturated carbocycles. The Balaban J connectivity index is 1.20. The number of halogens is 1. The molecule has 0 amide bonds. The highest BCUT2D eigenvalue weighted by atomic mass is 32.1. The van der Waals surface area contributed by atoms with Gasteiger partial charge in [0.25, 0.3) is 0 Å². The van der Waals surface area contributed by atoms with Gasteiger partial charge in [-0.1, -0.05) is 36.4 Å². The lowest BCUT2D eigenvalue weighted by Crippen LogP contribution is -2.45. The molecule has 3 aliphatic heterocycles. The van der Waals surface area contributed by atoms with Crippen LogP contribution in [0.4, 0.5) is 22.0 Å². The van der Waals surface area contributed by atoms with Crippen LogP contribution in [0, 0.1) is 5.82 Å². The summed E-state index contributed by atoms with van der Waals surface area (Å²) < 4.78 is 19.3. The van der Waals surface area contributed by atoms with Crippen molar-refractivity contribution in [3.8, 4) is 0 Å². The normalized spacial score (nSPS) is 18.5.